The van der Waals surface area contributed by atoms with Gasteiger partial charge in [-0.25, -0.2) is 0 Å². The van der Waals surface area contributed by atoms with Gasteiger partial charge in [-0.3, -0.25) is 9.59 Å². The number of methoxy groups -OCH3 is 2. The van der Waals surface area contributed by atoms with Crippen LogP contribution < -0.4 is 9.47 Å². The number of carbonyl (C=O) groups is 2. The zero-order valence-corrected chi connectivity index (χ0v) is 14.4. The van der Waals surface area contributed by atoms with E-state index in [4.69, 9.17) is 9.47 Å². The Hall–Kier alpha value is -3.14. The Kier molecular flexibility index (Phi) is 3.02. The third-order valence-corrected chi connectivity index (χ3v) is 5.62. The van der Waals surface area contributed by atoms with E-state index in [-0.39, 0.29) is 23.4 Å². The highest BCUT2D eigenvalue weighted by Gasteiger charge is 2.49. The van der Waals surface area contributed by atoms with Gasteiger partial charge in [-0.2, -0.15) is 0 Å². The summed E-state index contributed by atoms with van der Waals surface area (Å²) in [5.41, 5.74) is 5.16. The molecule has 0 aromatic heterocycles. The number of allylic oxidation sites excluding steroid dienone is 4. The van der Waals surface area contributed by atoms with Gasteiger partial charge in [0.25, 0.3) is 0 Å². The summed E-state index contributed by atoms with van der Waals surface area (Å²) >= 11 is 0. The molecule has 4 aliphatic rings. The molecule has 2 atom stereocenters. The van der Waals surface area contributed by atoms with Gasteiger partial charge < -0.3 is 9.47 Å². The van der Waals surface area contributed by atoms with Gasteiger partial charge in [0.15, 0.2) is 11.6 Å². The van der Waals surface area contributed by atoms with Crippen molar-refractivity contribution in [3.63, 3.8) is 0 Å². The molecule has 0 heterocycles. The number of hydrogen-bond donors (Lipinski definition) is 0. The predicted molar refractivity (Wildman–Crippen MR) is 95.9 cm³/mol. The summed E-state index contributed by atoms with van der Waals surface area (Å²) in [4.78, 5) is 25.5. The van der Waals surface area contributed by atoms with Crippen molar-refractivity contribution < 1.29 is 19.1 Å². The summed E-state index contributed by atoms with van der Waals surface area (Å²) in [6.07, 6.45) is 2.77. The van der Waals surface area contributed by atoms with E-state index in [9.17, 15) is 9.59 Å². The van der Waals surface area contributed by atoms with Crippen LogP contribution in [0.15, 0.2) is 59.7 Å². The molecule has 2 aromatic carbocycles. The van der Waals surface area contributed by atoms with Crippen molar-refractivity contribution in [1.29, 1.82) is 0 Å². The summed E-state index contributed by atoms with van der Waals surface area (Å²) < 4.78 is 11.2. The average Bonchev–Trinajstić information content (AvgIpc) is 2.69. The summed E-state index contributed by atoms with van der Waals surface area (Å²) in [7, 11) is 3.26. The summed E-state index contributed by atoms with van der Waals surface area (Å²) in [5.74, 6) is 0.666. The smallest absolute Gasteiger partial charge is 0.183 e. The normalized spacial score (nSPS) is 22.1. The van der Waals surface area contributed by atoms with Crippen molar-refractivity contribution in [3.05, 3.63) is 82.0 Å². The third kappa shape index (κ3) is 1.69. The molecule has 6 rings (SSSR count). The molecule has 26 heavy (non-hydrogen) atoms. The highest BCUT2D eigenvalue weighted by Crippen LogP contribution is 2.60. The molecule has 0 saturated heterocycles. The molecule has 0 spiro atoms. The molecular weight excluding hydrogens is 328 g/mol. The first-order valence-corrected chi connectivity index (χ1v) is 8.51. The second-order valence-corrected chi connectivity index (χ2v) is 6.68. The first-order chi connectivity index (χ1) is 12.7. The number of rotatable bonds is 2. The molecule has 4 aliphatic carbocycles. The van der Waals surface area contributed by atoms with Crippen LogP contribution in [0, 0.1) is 0 Å². The van der Waals surface area contributed by atoms with Crippen molar-refractivity contribution >= 4 is 11.6 Å². The zero-order chi connectivity index (χ0) is 18.0. The minimum atomic E-state index is -0.312. The maximum absolute atomic E-state index is 12.8. The van der Waals surface area contributed by atoms with Gasteiger partial charge in [0, 0.05) is 34.1 Å². The van der Waals surface area contributed by atoms with Crippen LogP contribution in [0.5, 0.6) is 11.5 Å². The van der Waals surface area contributed by atoms with Gasteiger partial charge in [0.2, 0.25) is 0 Å². The summed E-state index contributed by atoms with van der Waals surface area (Å²) in [5, 5.41) is 0. The van der Waals surface area contributed by atoms with Gasteiger partial charge in [0.1, 0.15) is 11.5 Å². The molecule has 2 aromatic rings. The highest BCUT2D eigenvalue weighted by atomic mass is 16.5. The predicted octanol–water partition coefficient (Wildman–Crippen LogP) is 3.30. The minimum Gasteiger partial charge on any atom is -0.496 e. The van der Waals surface area contributed by atoms with E-state index in [1.807, 2.05) is 36.4 Å². The number of ketones is 2. The van der Waals surface area contributed by atoms with Gasteiger partial charge in [-0.15, -0.1) is 0 Å². The van der Waals surface area contributed by atoms with E-state index in [1.54, 1.807) is 14.2 Å². The van der Waals surface area contributed by atoms with Crippen molar-refractivity contribution in [3.8, 4) is 11.5 Å². The van der Waals surface area contributed by atoms with E-state index >= 15 is 0 Å². The van der Waals surface area contributed by atoms with Crippen molar-refractivity contribution in [2.75, 3.05) is 14.2 Å². The van der Waals surface area contributed by atoms with Crippen LogP contribution in [0.1, 0.15) is 34.1 Å². The Labute approximate surface area is 150 Å². The molecule has 2 unspecified atom stereocenters. The molecule has 4 nitrogen and oxygen atoms in total. The third-order valence-electron chi connectivity index (χ3n) is 5.62. The second-order valence-electron chi connectivity index (χ2n) is 6.68. The quantitative estimate of drug-likeness (QED) is 0.785. The molecule has 0 saturated carbocycles. The van der Waals surface area contributed by atoms with Crippen molar-refractivity contribution in [1.82, 2.24) is 0 Å². The number of ether oxygens (including phenoxy) is 2. The van der Waals surface area contributed by atoms with E-state index in [1.165, 1.54) is 12.2 Å². The zero-order valence-electron chi connectivity index (χ0n) is 14.4. The van der Waals surface area contributed by atoms with Gasteiger partial charge in [0.05, 0.1) is 14.2 Å². The fourth-order valence-corrected chi connectivity index (χ4v) is 4.70. The lowest BCUT2D eigenvalue weighted by Crippen LogP contribution is -2.35. The van der Waals surface area contributed by atoms with Gasteiger partial charge in [-0.1, -0.05) is 24.3 Å². The molecule has 2 bridgehead atoms. The lowest BCUT2D eigenvalue weighted by atomic mass is 9.58. The Morgan fingerprint density at radius 1 is 0.692 bits per heavy atom. The van der Waals surface area contributed by atoms with Gasteiger partial charge in [-0.05, 0) is 35.4 Å². The average molecular weight is 344 g/mol. The van der Waals surface area contributed by atoms with E-state index in [0.29, 0.717) is 11.1 Å². The fraction of sp³-hybridized carbons (Fsp3) is 0.182. The summed E-state index contributed by atoms with van der Waals surface area (Å²) in [6, 6.07) is 11.7. The lowest BCUT2D eigenvalue weighted by Gasteiger charge is -2.43. The second kappa shape index (κ2) is 5.18. The molecular formula is C22H16O4. The van der Waals surface area contributed by atoms with E-state index in [0.717, 1.165) is 33.8 Å². The first-order valence-electron chi connectivity index (χ1n) is 8.51. The standard InChI is InChI=1S/C22H16O4/c1-25-15-7-3-5-11-17(15)19-12-6-4-8-16(26-2)18(12)20(11)22-14(24)10-9-13(23)21(19)22/h3-10,19-20H,1-2H3. The topological polar surface area (TPSA) is 52.6 Å². The number of hydrogen-bond acceptors (Lipinski definition) is 4. The van der Waals surface area contributed by atoms with E-state index < -0.39 is 0 Å². The Bertz CT molecular complexity index is 974. The van der Waals surface area contributed by atoms with Crippen LogP contribution in [-0.4, -0.2) is 25.8 Å². The Balaban J connectivity index is 1.92. The molecule has 0 radical (unpaired) electrons. The Morgan fingerprint density at radius 2 is 1.12 bits per heavy atom. The van der Waals surface area contributed by atoms with Crippen LogP contribution in [0.3, 0.4) is 0 Å². The minimum absolute atomic E-state index is 0.0976. The van der Waals surface area contributed by atoms with Crippen LogP contribution in [0.25, 0.3) is 0 Å². The fourth-order valence-electron chi connectivity index (χ4n) is 4.70. The monoisotopic (exact) mass is 344 g/mol. The molecule has 0 amide bonds. The maximum atomic E-state index is 12.8. The van der Waals surface area contributed by atoms with Gasteiger partial charge >= 0.3 is 0 Å². The Morgan fingerprint density at radius 3 is 1.50 bits per heavy atom. The lowest BCUT2D eigenvalue weighted by molar-refractivity contribution is -0.115. The molecule has 0 N–H and O–H groups in total. The number of benzene rings is 2. The van der Waals surface area contributed by atoms with Crippen molar-refractivity contribution in [2.24, 2.45) is 0 Å². The van der Waals surface area contributed by atoms with Crippen LogP contribution >= 0.6 is 0 Å². The van der Waals surface area contributed by atoms with Crippen molar-refractivity contribution in [2.45, 2.75) is 11.8 Å². The van der Waals surface area contributed by atoms with E-state index in [2.05, 4.69) is 0 Å². The molecule has 4 heteroatoms. The summed E-state index contributed by atoms with van der Waals surface area (Å²) in [6.45, 7) is 0. The first kappa shape index (κ1) is 15.1. The molecule has 0 fully saturated rings. The molecule has 0 aliphatic heterocycles. The highest BCUT2D eigenvalue weighted by molar-refractivity contribution is 6.23. The maximum Gasteiger partial charge on any atom is 0.183 e. The number of carbonyl (C=O) groups excluding carboxylic acids is 2. The van der Waals surface area contributed by atoms with Crippen LogP contribution in [0.4, 0.5) is 0 Å². The largest absolute Gasteiger partial charge is 0.496 e. The van der Waals surface area contributed by atoms with Crippen LogP contribution in [0.2, 0.25) is 0 Å². The molecule has 128 valence electrons. The SMILES string of the molecule is COc1cccc2c1C1C3=C(C(=O)C=CC3=O)C2c2c(OC)cccc21. The van der Waals surface area contributed by atoms with Crippen LogP contribution in [-0.2, 0) is 9.59 Å².